The quantitative estimate of drug-likeness (QED) is 0.866. The molecule has 1 aromatic carbocycles. The maximum Gasteiger partial charge on any atom is 0.328 e. The van der Waals surface area contributed by atoms with Crippen LogP contribution in [0.2, 0.25) is 0 Å². The van der Waals surface area contributed by atoms with Gasteiger partial charge in [-0.1, -0.05) is 26.0 Å². The van der Waals surface area contributed by atoms with Crippen LogP contribution in [0.1, 0.15) is 20.3 Å². The maximum atomic E-state index is 12.2. The van der Waals surface area contributed by atoms with Gasteiger partial charge in [0.1, 0.15) is 0 Å². The van der Waals surface area contributed by atoms with Gasteiger partial charge in [0.2, 0.25) is 0 Å². The van der Waals surface area contributed by atoms with Crippen molar-refractivity contribution >= 4 is 10.9 Å². The molecule has 102 valence electrons. The monoisotopic (exact) mass is 262 g/mol. The SMILES string of the molecule is CC(C)C(O)CCn1c(=O)[nH]c2ccccc2c1=O. The minimum absolute atomic E-state index is 0.107. The molecule has 0 fully saturated rings. The summed E-state index contributed by atoms with van der Waals surface area (Å²) in [5, 5.41) is 10.2. The number of aliphatic hydroxyl groups is 1. The van der Waals surface area contributed by atoms with Gasteiger partial charge in [0.05, 0.1) is 17.0 Å². The number of rotatable bonds is 4. The number of para-hydroxylation sites is 1. The second-order valence-electron chi connectivity index (χ2n) is 5.03. The highest BCUT2D eigenvalue weighted by Crippen LogP contribution is 2.07. The Labute approximate surface area is 110 Å². The number of H-pyrrole nitrogens is 1. The van der Waals surface area contributed by atoms with E-state index in [0.717, 1.165) is 4.57 Å². The molecular formula is C14H18N2O3. The van der Waals surface area contributed by atoms with Crippen molar-refractivity contribution in [2.75, 3.05) is 0 Å². The number of nitrogens with zero attached hydrogens (tertiary/aromatic N) is 1. The molecule has 0 spiro atoms. The van der Waals surface area contributed by atoms with Gasteiger partial charge in [0, 0.05) is 6.54 Å². The zero-order valence-electron chi connectivity index (χ0n) is 11.1. The van der Waals surface area contributed by atoms with E-state index in [0.29, 0.717) is 17.3 Å². The number of aromatic nitrogens is 2. The predicted molar refractivity (Wildman–Crippen MR) is 74.3 cm³/mol. The molecule has 0 aliphatic rings. The third-order valence-electron chi connectivity index (χ3n) is 3.31. The van der Waals surface area contributed by atoms with Crippen molar-refractivity contribution in [3.05, 3.63) is 45.1 Å². The van der Waals surface area contributed by atoms with Crippen molar-refractivity contribution in [1.82, 2.24) is 9.55 Å². The number of aliphatic hydroxyl groups excluding tert-OH is 1. The highest BCUT2D eigenvalue weighted by atomic mass is 16.3. The summed E-state index contributed by atoms with van der Waals surface area (Å²) in [4.78, 5) is 26.7. The van der Waals surface area contributed by atoms with Gasteiger partial charge in [-0.05, 0) is 24.5 Å². The lowest BCUT2D eigenvalue weighted by atomic mass is 10.0. The molecule has 5 nitrogen and oxygen atoms in total. The Morgan fingerprint density at radius 3 is 2.63 bits per heavy atom. The predicted octanol–water partition coefficient (Wildman–Crippen LogP) is 1.10. The van der Waals surface area contributed by atoms with Gasteiger partial charge >= 0.3 is 5.69 Å². The van der Waals surface area contributed by atoms with Crippen LogP contribution in [0.5, 0.6) is 0 Å². The highest BCUT2D eigenvalue weighted by Gasteiger charge is 2.12. The second kappa shape index (κ2) is 5.40. The Kier molecular flexibility index (Phi) is 3.85. The van der Waals surface area contributed by atoms with Gasteiger partial charge in [-0.15, -0.1) is 0 Å². The van der Waals surface area contributed by atoms with Crippen molar-refractivity contribution in [1.29, 1.82) is 0 Å². The lowest BCUT2D eigenvalue weighted by Gasteiger charge is -2.14. The zero-order valence-corrected chi connectivity index (χ0v) is 11.1. The van der Waals surface area contributed by atoms with Crippen LogP contribution in [0.3, 0.4) is 0 Å². The Morgan fingerprint density at radius 2 is 1.95 bits per heavy atom. The molecule has 5 heteroatoms. The lowest BCUT2D eigenvalue weighted by Crippen LogP contribution is -2.36. The molecule has 1 unspecified atom stereocenters. The van der Waals surface area contributed by atoms with E-state index in [9.17, 15) is 14.7 Å². The van der Waals surface area contributed by atoms with Crippen molar-refractivity contribution in [3.8, 4) is 0 Å². The second-order valence-corrected chi connectivity index (χ2v) is 5.03. The molecule has 2 aromatic rings. The summed E-state index contributed by atoms with van der Waals surface area (Å²) in [6.45, 7) is 4.02. The summed E-state index contributed by atoms with van der Waals surface area (Å²) in [6, 6.07) is 6.91. The van der Waals surface area contributed by atoms with Gasteiger partial charge in [0.15, 0.2) is 0 Å². The number of benzene rings is 1. The molecule has 1 atom stereocenters. The molecule has 0 aliphatic heterocycles. The van der Waals surface area contributed by atoms with Gasteiger partial charge in [-0.3, -0.25) is 9.36 Å². The molecule has 0 bridgehead atoms. The van der Waals surface area contributed by atoms with E-state index in [1.54, 1.807) is 24.3 Å². The first kappa shape index (κ1) is 13.5. The summed E-state index contributed by atoms with van der Waals surface area (Å²) < 4.78 is 1.15. The highest BCUT2D eigenvalue weighted by molar-refractivity contribution is 5.76. The third kappa shape index (κ3) is 2.76. The van der Waals surface area contributed by atoms with Crippen LogP contribution < -0.4 is 11.2 Å². The number of aromatic amines is 1. The third-order valence-corrected chi connectivity index (χ3v) is 3.31. The van der Waals surface area contributed by atoms with Crippen molar-refractivity contribution < 1.29 is 5.11 Å². The summed E-state index contributed by atoms with van der Waals surface area (Å²) in [7, 11) is 0. The molecule has 0 saturated heterocycles. The Hall–Kier alpha value is -1.88. The fourth-order valence-electron chi connectivity index (χ4n) is 2.00. The van der Waals surface area contributed by atoms with Crippen molar-refractivity contribution in [2.45, 2.75) is 32.9 Å². The van der Waals surface area contributed by atoms with E-state index >= 15 is 0 Å². The van der Waals surface area contributed by atoms with E-state index in [1.165, 1.54) is 0 Å². The first-order valence-corrected chi connectivity index (χ1v) is 6.40. The van der Waals surface area contributed by atoms with E-state index < -0.39 is 11.8 Å². The minimum Gasteiger partial charge on any atom is -0.393 e. The van der Waals surface area contributed by atoms with Crippen molar-refractivity contribution in [3.63, 3.8) is 0 Å². The van der Waals surface area contributed by atoms with Gasteiger partial charge < -0.3 is 10.1 Å². The molecule has 1 heterocycles. The summed E-state index contributed by atoms with van der Waals surface area (Å²) in [5.74, 6) is 0.107. The summed E-state index contributed by atoms with van der Waals surface area (Å²) in [5.41, 5.74) is -0.201. The van der Waals surface area contributed by atoms with Gasteiger partial charge in [-0.2, -0.15) is 0 Å². The molecule has 0 saturated carbocycles. The van der Waals surface area contributed by atoms with Crippen LogP contribution in [-0.4, -0.2) is 20.8 Å². The topological polar surface area (TPSA) is 75.1 Å². The fraction of sp³-hybridized carbons (Fsp3) is 0.429. The van der Waals surface area contributed by atoms with Crippen LogP contribution in [0.15, 0.2) is 33.9 Å². The Bertz CT molecular complexity index is 685. The lowest BCUT2D eigenvalue weighted by molar-refractivity contribution is 0.110. The number of hydrogen-bond acceptors (Lipinski definition) is 3. The van der Waals surface area contributed by atoms with Crippen LogP contribution in [0.4, 0.5) is 0 Å². The number of fused-ring (bicyclic) bond motifs is 1. The number of nitrogens with one attached hydrogen (secondary N) is 1. The molecule has 1 aromatic heterocycles. The molecule has 2 rings (SSSR count). The van der Waals surface area contributed by atoms with Crippen LogP contribution in [0, 0.1) is 5.92 Å². The molecular weight excluding hydrogens is 244 g/mol. The standard InChI is InChI=1S/C14H18N2O3/c1-9(2)12(17)7-8-16-13(18)10-5-3-4-6-11(10)15-14(16)19/h3-6,9,12,17H,7-8H2,1-2H3,(H,15,19). The first-order valence-electron chi connectivity index (χ1n) is 6.40. The zero-order chi connectivity index (χ0) is 14.0. The van der Waals surface area contributed by atoms with Crippen molar-refractivity contribution in [2.24, 2.45) is 5.92 Å². The molecule has 0 amide bonds. The van der Waals surface area contributed by atoms with Gasteiger partial charge in [-0.25, -0.2) is 4.79 Å². The Morgan fingerprint density at radius 1 is 1.26 bits per heavy atom. The average molecular weight is 262 g/mol. The summed E-state index contributed by atoms with van der Waals surface area (Å²) in [6.07, 6.45) is -0.128. The largest absolute Gasteiger partial charge is 0.393 e. The van der Waals surface area contributed by atoms with E-state index in [1.807, 2.05) is 13.8 Å². The molecule has 2 N–H and O–H groups in total. The van der Waals surface area contributed by atoms with Gasteiger partial charge in [0.25, 0.3) is 5.56 Å². The summed E-state index contributed by atoms with van der Waals surface area (Å²) >= 11 is 0. The first-order chi connectivity index (χ1) is 9.00. The van der Waals surface area contributed by atoms with E-state index in [2.05, 4.69) is 4.98 Å². The smallest absolute Gasteiger partial charge is 0.328 e. The fourth-order valence-corrected chi connectivity index (χ4v) is 2.00. The molecule has 0 aliphatic carbocycles. The normalized spacial score (nSPS) is 13.1. The molecule has 0 radical (unpaired) electrons. The van der Waals surface area contributed by atoms with Crippen LogP contribution in [0.25, 0.3) is 10.9 Å². The van der Waals surface area contributed by atoms with Crippen LogP contribution in [-0.2, 0) is 6.54 Å². The minimum atomic E-state index is -0.516. The van der Waals surface area contributed by atoms with E-state index in [4.69, 9.17) is 0 Å². The maximum absolute atomic E-state index is 12.2. The molecule has 19 heavy (non-hydrogen) atoms. The van der Waals surface area contributed by atoms with E-state index in [-0.39, 0.29) is 18.0 Å². The van der Waals surface area contributed by atoms with Crippen LogP contribution >= 0.6 is 0 Å². The number of hydrogen-bond donors (Lipinski definition) is 2. The average Bonchev–Trinajstić information content (AvgIpc) is 2.38. The Balaban J connectivity index is 2.39.